The number of benzene rings is 4. The topological polar surface area (TPSA) is 55.4 Å². The van der Waals surface area contributed by atoms with Crippen molar-refractivity contribution in [1.29, 1.82) is 0 Å². The number of ether oxygens (including phenoxy) is 6. The lowest BCUT2D eigenvalue weighted by Crippen LogP contribution is -2.61. The fraction of sp³-hybridized carbons (Fsp3) is 0.314. The highest BCUT2D eigenvalue weighted by atomic mass is 127. The van der Waals surface area contributed by atoms with Gasteiger partial charge in [0.25, 0.3) is 0 Å². The molecule has 0 bridgehead atoms. The minimum atomic E-state index is -0.700. The lowest BCUT2D eigenvalue weighted by atomic mass is 9.97. The smallest absolute Gasteiger partial charge is 0.186 e. The number of hydrogen-bond acceptors (Lipinski definition) is 6. The summed E-state index contributed by atoms with van der Waals surface area (Å²) in [4.78, 5) is 0. The van der Waals surface area contributed by atoms with E-state index >= 15 is 0 Å². The maximum atomic E-state index is 6.67. The van der Waals surface area contributed by atoms with Crippen molar-refractivity contribution in [2.75, 3.05) is 13.7 Å². The zero-order chi connectivity index (χ0) is 30.7. The molecule has 44 heavy (non-hydrogen) atoms. The van der Waals surface area contributed by atoms with Gasteiger partial charge in [-0.2, -0.15) is 0 Å². The first-order valence-electron chi connectivity index (χ1n) is 14.4. The molecule has 0 aliphatic carbocycles. The van der Waals surface area contributed by atoms with E-state index in [4.69, 9.17) is 40.0 Å². The van der Waals surface area contributed by atoms with Crippen molar-refractivity contribution in [3.05, 3.63) is 138 Å². The van der Waals surface area contributed by atoms with E-state index in [1.807, 2.05) is 78.9 Å². The average Bonchev–Trinajstić information content (AvgIpc) is 3.05. The average molecular weight is 794 g/mol. The summed E-state index contributed by atoms with van der Waals surface area (Å²) in [5, 5.41) is 0.671. The highest BCUT2D eigenvalue weighted by molar-refractivity contribution is 14.1. The molecule has 0 spiro atoms. The van der Waals surface area contributed by atoms with E-state index in [0.717, 1.165) is 30.3 Å². The van der Waals surface area contributed by atoms with Crippen LogP contribution in [0.25, 0.3) is 0 Å². The van der Waals surface area contributed by atoms with Crippen LogP contribution in [0.2, 0.25) is 5.02 Å². The van der Waals surface area contributed by atoms with E-state index in [2.05, 4.69) is 62.8 Å². The van der Waals surface area contributed by atoms with E-state index in [9.17, 15) is 0 Å². The van der Waals surface area contributed by atoms with Crippen LogP contribution in [0.4, 0.5) is 0 Å². The first-order chi connectivity index (χ1) is 21.5. The molecule has 1 aliphatic rings. The van der Waals surface area contributed by atoms with Crippen LogP contribution in [-0.4, -0.2) is 44.4 Å². The van der Waals surface area contributed by atoms with Crippen LogP contribution < -0.4 is 0 Å². The molecule has 1 fully saturated rings. The van der Waals surface area contributed by atoms with Crippen molar-refractivity contribution < 1.29 is 28.4 Å². The Balaban J connectivity index is 1.40. The first-order valence-corrected chi connectivity index (χ1v) is 16.6. The number of methoxy groups -OCH3 is 1. The van der Waals surface area contributed by atoms with Crippen LogP contribution in [0.5, 0.6) is 0 Å². The Morgan fingerprint density at radius 3 is 1.80 bits per heavy atom. The molecular formula is C35H35BrClIO6. The first kappa shape index (κ1) is 33.5. The summed E-state index contributed by atoms with van der Waals surface area (Å²) in [5.41, 5.74) is 4.12. The summed E-state index contributed by atoms with van der Waals surface area (Å²) in [6.07, 6.45) is -2.81. The van der Waals surface area contributed by atoms with Crippen molar-refractivity contribution in [3.63, 3.8) is 0 Å². The van der Waals surface area contributed by atoms with Gasteiger partial charge in [0.05, 0.1) is 33.0 Å². The summed E-state index contributed by atoms with van der Waals surface area (Å²) in [6.45, 7) is 1.78. The van der Waals surface area contributed by atoms with Gasteiger partial charge in [-0.3, -0.25) is 0 Å². The maximum absolute atomic E-state index is 6.67. The number of hydrogen-bond donors (Lipinski definition) is 0. The Morgan fingerprint density at radius 2 is 1.18 bits per heavy atom. The van der Waals surface area contributed by atoms with E-state index in [0.29, 0.717) is 31.5 Å². The van der Waals surface area contributed by atoms with Crippen LogP contribution in [0.1, 0.15) is 22.3 Å². The van der Waals surface area contributed by atoms with Gasteiger partial charge >= 0.3 is 0 Å². The molecule has 0 unspecified atom stereocenters. The molecule has 4 aromatic rings. The SMILES string of the molecule is CO[C@H]1O[C@H](COCc2ccccc2)[C@@H](OCc2ccc(Cl)cc2)[C@H](OCc2ccc(Br)cc2)[C@H]1OCc1ccc(I)cc1. The molecule has 4 aromatic carbocycles. The standard InChI is InChI=1S/C35H35BrClIO6/c1-39-35-34(43-22-27-11-17-30(38)18-12-27)33(42-21-25-7-13-28(36)14-8-25)32(41-20-26-9-15-29(37)16-10-26)31(44-35)23-40-19-24-5-3-2-4-6-24/h2-18,31-35H,19-23H2,1H3/t31-,32-,33+,34-,35+/m1/s1. The second-order valence-electron chi connectivity index (χ2n) is 10.5. The predicted molar refractivity (Wildman–Crippen MR) is 182 cm³/mol. The monoisotopic (exact) mass is 792 g/mol. The Labute approximate surface area is 286 Å². The lowest BCUT2D eigenvalue weighted by molar-refractivity contribution is -0.323. The molecular weight excluding hydrogens is 759 g/mol. The van der Waals surface area contributed by atoms with Gasteiger partial charge in [-0.1, -0.05) is 94.3 Å². The van der Waals surface area contributed by atoms with Crippen molar-refractivity contribution in [2.24, 2.45) is 0 Å². The summed E-state index contributed by atoms with van der Waals surface area (Å²) < 4.78 is 40.5. The molecule has 0 saturated carbocycles. The van der Waals surface area contributed by atoms with E-state index in [1.54, 1.807) is 7.11 Å². The summed E-state index contributed by atoms with van der Waals surface area (Å²) in [6, 6.07) is 34.0. The van der Waals surface area contributed by atoms with Gasteiger partial charge in [0.15, 0.2) is 6.29 Å². The minimum absolute atomic E-state index is 0.280. The van der Waals surface area contributed by atoms with E-state index in [-0.39, 0.29) is 6.61 Å². The molecule has 6 nitrogen and oxygen atoms in total. The fourth-order valence-corrected chi connectivity index (χ4v) is 5.71. The van der Waals surface area contributed by atoms with Gasteiger partial charge in [-0.25, -0.2) is 0 Å². The van der Waals surface area contributed by atoms with E-state index < -0.39 is 30.7 Å². The molecule has 1 heterocycles. The zero-order valence-electron chi connectivity index (χ0n) is 24.3. The van der Waals surface area contributed by atoms with Gasteiger partial charge in [-0.15, -0.1) is 0 Å². The van der Waals surface area contributed by atoms with Crippen LogP contribution in [0.15, 0.2) is 108 Å². The maximum Gasteiger partial charge on any atom is 0.186 e. The van der Waals surface area contributed by atoms with Crippen molar-refractivity contribution in [2.45, 2.75) is 57.1 Å². The largest absolute Gasteiger partial charge is 0.374 e. The Hall–Kier alpha value is -1.86. The summed E-state index contributed by atoms with van der Waals surface area (Å²) >= 11 is 11.9. The van der Waals surface area contributed by atoms with Crippen molar-refractivity contribution in [1.82, 2.24) is 0 Å². The Kier molecular flexibility index (Phi) is 13.1. The molecule has 1 saturated heterocycles. The molecule has 9 heteroatoms. The number of rotatable bonds is 14. The molecule has 232 valence electrons. The molecule has 1 aliphatic heterocycles. The zero-order valence-corrected chi connectivity index (χ0v) is 28.8. The highest BCUT2D eigenvalue weighted by Crippen LogP contribution is 2.31. The summed E-state index contributed by atoms with van der Waals surface area (Å²) in [5.74, 6) is 0. The second kappa shape index (κ2) is 17.2. The molecule has 0 aromatic heterocycles. The third-order valence-corrected chi connectivity index (χ3v) is 8.78. The van der Waals surface area contributed by atoms with Gasteiger partial charge in [0.1, 0.15) is 24.4 Å². The van der Waals surface area contributed by atoms with Gasteiger partial charge in [0.2, 0.25) is 0 Å². The van der Waals surface area contributed by atoms with Crippen LogP contribution in [0.3, 0.4) is 0 Å². The Morgan fingerprint density at radius 1 is 0.659 bits per heavy atom. The van der Waals surface area contributed by atoms with Crippen molar-refractivity contribution in [3.8, 4) is 0 Å². The normalized spacial score (nSPS) is 21.8. The third-order valence-electron chi connectivity index (χ3n) is 7.28. The van der Waals surface area contributed by atoms with E-state index in [1.165, 1.54) is 0 Å². The van der Waals surface area contributed by atoms with Gasteiger partial charge in [0, 0.05) is 20.2 Å². The lowest BCUT2D eigenvalue weighted by Gasteiger charge is -2.45. The summed E-state index contributed by atoms with van der Waals surface area (Å²) in [7, 11) is 1.62. The molecule has 0 radical (unpaired) electrons. The van der Waals surface area contributed by atoms with Gasteiger partial charge in [-0.05, 0) is 81.2 Å². The van der Waals surface area contributed by atoms with Crippen LogP contribution in [-0.2, 0) is 54.8 Å². The van der Waals surface area contributed by atoms with Crippen LogP contribution in [0, 0.1) is 3.57 Å². The molecule has 5 atom stereocenters. The van der Waals surface area contributed by atoms with Crippen LogP contribution >= 0.6 is 50.1 Å². The molecule has 0 N–H and O–H groups in total. The van der Waals surface area contributed by atoms with Crippen molar-refractivity contribution >= 4 is 50.1 Å². The quantitative estimate of drug-likeness (QED) is 0.120. The predicted octanol–water partition coefficient (Wildman–Crippen LogP) is 8.35. The minimum Gasteiger partial charge on any atom is -0.374 e. The number of halogens is 3. The fourth-order valence-electron chi connectivity index (χ4n) is 4.96. The third kappa shape index (κ3) is 9.82. The Bertz CT molecular complexity index is 1410. The molecule has 0 amide bonds. The second-order valence-corrected chi connectivity index (χ2v) is 13.1. The highest BCUT2D eigenvalue weighted by Gasteiger charge is 2.48. The molecule has 5 rings (SSSR count). The van der Waals surface area contributed by atoms with Gasteiger partial charge < -0.3 is 28.4 Å².